The van der Waals surface area contributed by atoms with Crippen molar-refractivity contribution < 1.29 is 23.4 Å². The van der Waals surface area contributed by atoms with Crippen molar-refractivity contribution in [2.75, 3.05) is 19.8 Å². The van der Waals surface area contributed by atoms with Crippen molar-refractivity contribution in [1.29, 1.82) is 0 Å². The van der Waals surface area contributed by atoms with Crippen molar-refractivity contribution >= 4 is 22.4 Å². The van der Waals surface area contributed by atoms with Crippen LogP contribution in [0.2, 0.25) is 0 Å². The number of nitrogens with zero attached hydrogens (tertiary/aromatic N) is 1. The van der Waals surface area contributed by atoms with Gasteiger partial charge in [-0.25, -0.2) is 14.2 Å². The highest BCUT2D eigenvalue weighted by molar-refractivity contribution is 6.20. The van der Waals surface area contributed by atoms with Gasteiger partial charge in [-0.15, -0.1) is 0 Å². The Balaban J connectivity index is 1.99. The third kappa shape index (κ3) is 3.99. The summed E-state index contributed by atoms with van der Waals surface area (Å²) in [6, 6.07) is 13.7. The second-order valence-corrected chi connectivity index (χ2v) is 7.02. The lowest BCUT2D eigenvalue weighted by Crippen LogP contribution is -2.17. The van der Waals surface area contributed by atoms with Gasteiger partial charge < -0.3 is 14.2 Å². The molecule has 0 aliphatic carbocycles. The number of aromatic nitrogens is 1. The molecule has 1 aliphatic rings. The third-order valence-electron chi connectivity index (χ3n) is 4.81. The van der Waals surface area contributed by atoms with Gasteiger partial charge in [0, 0.05) is 22.9 Å². The second-order valence-electron chi connectivity index (χ2n) is 7.02. The maximum atomic E-state index is 13.4. The van der Waals surface area contributed by atoms with Gasteiger partial charge in [-0.3, -0.25) is 0 Å². The molecule has 1 aliphatic heterocycles. The number of esters is 1. The van der Waals surface area contributed by atoms with Crippen LogP contribution in [0.25, 0.3) is 27.7 Å². The van der Waals surface area contributed by atoms with E-state index in [0.717, 1.165) is 22.9 Å². The number of hydrogen-bond donors (Lipinski definition) is 0. The van der Waals surface area contributed by atoms with Crippen LogP contribution >= 0.6 is 0 Å². The van der Waals surface area contributed by atoms with Crippen molar-refractivity contribution in [3.05, 3.63) is 71.4 Å². The van der Waals surface area contributed by atoms with E-state index in [0.29, 0.717) is 30.0 Å². The molecule has 4 rings (SSSR count). The average molecular weight is 407 g/mol. The number of benzene rings is 2. The van der Waals surface area contributed by atoms with E-state index >= 15 is 0 Å². The first kappa shape index (κ1) is 19.9. The molecule has 30 heavy (non-hydrogen) atoms. The van der Waals surface area contributed by atoms with Crippen LogP contribution < -0.4 is 0 Å². The fraction of sp³-hybridized carbons (Fsp3) is 0.250. The van der Waals surface area contributed by atoms with Gasteiger partial charge in [-0.2, -0.15) is 0 Å². The van der Waals surface area contributed by atoms with E-state index in [1.807, 2.05) is 25.1 Å². The van der Waals surface area contributed by atoms with Gasteiger partial charge >= 0.3 is 5.97 Å². The molecule has 0 amide bonds. The molecule has 154 valence electrons. The van der Waals surface area contributed by atoms with Gasteiger partial charge in [-0.1, -0.05) is 11.6 Å². The van der Waals surface area contributed by atoms with Crippen molar-refractivity contribution in [2.45, 2.75) is 20.3 Å². The summed E-state index contributed by atoms with van der Waals surface area (Å²) in [7, 11) is 0. The van der Waals surface area contributed by atoms with Crippen molar-refractivity contribution in [2.24, 2.45) is 0 Å². The smallest absolute Gasteiger partial charge is 0.346 e. The molecule has 0 N–H and O–H groups in total. The number of rotatable bonds is 4. The Kier molecular flexibility index (Phi) is 5.65. The molecule has 1 saturated heterocycles. The van der Waals surface area contributed by atoms with E-state index in [4.69, 9.17) is 19.2 Å². The molecular weight excluding hydrogens is 385 g/mol. The fourth-order valence-electron chi connectivity index (χ4n) is 3.40. The maximum absolute atomic E-state index is 13.4. The molecule has 1 fully saturated rings. The van der Waals surface area contributed by atoms with Crippen LogP contribution in [0, 0.1) is 12.7 Å². The topological polar surface area (TPSA) is 57.7 Å². The Labute approximate surface area is 174 Å². The van der Waals surface area contributed by atoms with Gasteiger partial charge in [-0.05, 0) is 56.3 Å². The van der Waals surface area contributed by atoms with Gasteiger partial charge in [0.2, 0.25) is 0 Å². The zero-order valence-corrected chi connectivity index (χ0v) is 16.9. The van der Waals surface area contributed by atoms with Crippen LogP contribution in [0.5, 0.6) is 0 Å². The zero-order chi connectivity index (χ0) is 21.1. The number of carbonyl (C=O) groups excluding carboxylic acids is 1. The van der Waals surface area contributed by atoms with Crippen LogP contribution in [0.15, 0.2) is 54.5 Å². The molecular formula is C24H22FNO4. The predicted molar refractivity (Wildman–Crippen MR) is 112 cm³/mol. The van der Waals surface area contributed by atoms with Crippen molar-refractivity contribution in [1.82, 2.24) is 4.98 Å². The van der Waals surface area contributed by atoms with Crippen LogP contribution in [0.3, 0.4) is 0 Å². The van der Waals surface area contributed by atoms with Crippen molar-refractivity contribution in [3.8, 4) is 11.3 Å². The minimum atomic E-state index is -0.520. The largest absolute Gasteiger partial charge is 0.465 e. The maximum Gasteiger partial charge on any atom is 0.346 e. The van der Waals surface area contributed by atoms with Gasteiger partial charge in [0.05, 0.1) is 31.0 Å². The summed E-state index contributed by atoms with van der Waals surface area (Å²) in [5.41, 5.74) is 3.92. The summed E-state index contributed by atoms with van der Waals surface area (Å²) < 4.78 is 30.1. The Morgan fingerprint density at radius 2 is 1.83 bits per heavy atom. The number of carbonyl (C=O) groups is 1. The first-order valence-electron chi connectivity index (χ1n) is 9.91. The van der Waals surface area contributed by atoms with Crippen LogP contribution in [0.1, 0.15) is 24.5 Å². The summed E-state index contributed by atoms with van der Waals surface area (Å²) in [4.78, 5) is 17.7. The minimum absolute atomic E-state index is 0.166. The molecule has 1 aromatic heterocycles. The van der Waals surface area contributed by atoms with E-state index in [9.17, 15) is 9.18 Å². The lowest BCUT2D eigenvalue weighted by atomic mass is 9.97. The summed E-state index contributed by atoms with van der Waals surface area (Å²) in [6.07, 6.45) is 0.747. The van der Waals surface area contributed by atoms with E-state index < -0.39 is 5.97 Å². The van der Waals surface area contributed by atoms with E-state index in [1.165, 1.54) is 12.1 Å². The van der Waals surface area contributed by atoms with Crippen molar-refractivity contribution in [3.63, 3.8) is 0 Å². The molecule has 0 atom stereocenters. The molecule has 0 radical (unpaired) electrons. The third-order valence-corrected chi connectivity index (χ3v) is 4.81. The molecule has 0 unspecified atom stereocenters. The Hall–Kier alpha value is -3.41. The van der Waals surface area contributed by atoms with Crippen LogP contribution in [-0.2, 0) is 19.0 Å². The minimum Gasteiger partial charge on any atom is -0.465 e. The quantitative estimate of drug-likeness (QED) is 0.449. The molecule has 0 saturated carbocycles. The number of ether oxygens (including phenoxy) is 3. The molecule has 0 bridgehead atoms. The highest BCUT2D eigenvalue weighted by atomic mass is 19.1. The molecule has 3 aromatic rings. The van der Waals surface area contributed by atoms with Gasteiger partial charge in [0.25, 0.3) is 5.95 Å². The lowest BCUT2D eigenvalue weighted by molar-refractivity contribution is -0.136. The first-order valence-corrected chi connectivity index (χ1v) is 9.91. The summed E-state index contributed by atoms with van der Waals surface area (Å²) in [6.45, 7) is 4.88. The Morgan fingerprint density at radius 3 is 2.53 bits per heavy atom. The van der Waals surface area contributed by atoms with E-state index in [-0.39, 0.29) is 23.9 Å². The molecule has 6 heteroatoms. The second kappa shape index (κ2) is 8.53. The Bertz CT molecular complexity index is 1110. The summed E-state index contributed by atoms with van der Waals surface area (Å²) in [5, 5.41) is 0.786. The lowest BCUT2D eigenvalue weighted by Gasteiger charge is -2.21. The zero-order valence-electron chi connectivity index (χ0n) is 16.9. The number of aryl methyl sites for hydroxylation is 1. The van der Waals surface area contributed by atoms with E-state index in [1.54, 1.807) is 25.1 Å². The highest BCUT2D eigenvalue weighted by Gasteiger charge is 2.27. The van der Waals surface area contributed by atoms with E-state index in [2.05, 4.69) is 0 Å². The predicted octanol–water partition coefficient (Wildman–Crippen LogP) is 5.02. The number of pyridine rings is 1. The summed E-state index contributed by atoms with van der Waals surface area (Å²) in [5.74, 6) is -0.680. The molecule has 2 heterocycles. The normalized spacial score (nSPS) is 13.5. The van der Waals surface area contributed by atoms with Crippen LogP contribution in [-0.4, -0.2) is 30.8 Å². The standard InChI is InChI=1S/C24H22FNO4/c1-3-28-23(27)22(24-29-11-4-12-30-24)19-14-21(16-6-8-17(25)9-7-16)26-20-10-5-15(2)13-18(19)20/h5-10,13-14H,3-4,11-12H2,1-2H3. The highest BCUT2D eigenvalue weighted by Crippen LogP contribution is 2.33. The van der Waals surface area contributed by atoms with Crippen LogP contribution in [0.4, 0.5) is 4.39 Å². The number of fused-ring (bicyclic) bond motifs is 1. The first-order chi connectivity index (χ1) is 14.6. The average Bonchev–Trinajstić information content (AvgIpc) is 2.75. The Morgan fingerprint density at radius 1 is 1.10 bits per heavy atom. The molecule has 2 aromatic carbocycles. The molecule has 5 nitrogen and oxygen atoms in total. The SMILES string of the molecule is CCOC(=O)C(=C1OCCCO1)c1cc(-c2ccc(F)cc2)nc2ccc(C)cc12. The van der Waals surface area contributed by atoms with Gasteiger partial charge in [0.1, 0.15) is 11.4 Å². The van der Waals surface area contributed by atoms with Gasteiger partial charge in [0.15, 0.2) is 0 Å². The number of halogens is 1. The molecule has 0 spiro atoms. The monoisotopic (exact) mass is 407 g/mol. The summed E-state index contributed by atoms with van der Waals surface area (Å²) >= 11 is 0. The fourth-order valence-corrected chi connectivity index (χ4v) is 3.40. The number of hydrogen-bond acceptors (Lipinski definition) is 5.